The second-order valence-corrected chi connectivity index (χ2v) is 6.19. The Kier molecular flexibility index (Phi) is 5.44. The number of rotatable bonds is 7. The topological polar surface area (TPSA) is 29.9 Å². The van der Waals surface area contributed by atoms with E-state index >= 15 is 0 Å². The van der Waals surface area contributed by atoms with E-state index in [0.29, 0.717) is 12.1 Å². The van der Waals surface area contributed by atoms with E-state index in [1.54, 1.807) is 0 Å². The van der Waals surface area contributed by atoms with Gasteiger partial charge < -0.3 is 5.32 Å². The van der Waals surface area contributed by atoms with Crippen LogP contribution in [0.3, 0.4) is 0 Å². The minimum Gasteiger partial charge on any atom is -0.313 e. The third-order valence-corrected chi connectivity index (χ3v) is 4.25. The second-order valence-electron chi connectivity index (χ2n) is 6.19. The molecule has 0 bridgehead atoms. The summed E-state index contributed by atoms with van der Waals surface area (Å²) in [5.41, 5.74) is 1.24. The van der Waals surface area contributed by atoms with Crippen LogP contribution in [0.25, 0.3) is 0 Å². The van der Waals surface area contributed by atoms with E-state index in [4.69, 9.17) is 5.10 Å². The van der Waals surface area contributed by atoms with Crippen molar-refractivity contribution in [1.29, 1.82) is 0 Å². The van der Waals surface area contributed by atoms with Gasteiger partial charge in [-0.2, -0.15) is 5.10 Å². The van der Waals surface area contributed by atoms with E-state index in [9.17, 15) is 0 Å². The number of nitrogens with one attached hydrogen (secondary N) is 1. The van der Waals surface area contributed by atoms with E-state index in [1.165, 1.54) is 37.8 Å². The van der Waals surface area contributed by atoms with Crippen LogP contribution in [-0.4, -0.2) is 22.4 Å². The summed E-state index contributed by atoms with van der Waals surface area (Å²) in [6.45, 7) is 7.74. The van der Waals surface area contributed by atoms with Crippen LogP contribution in [0.15, 0.2) is 12.3 Å². The van der Waals surface area contributed by atoms with Crippen molar-refractivity contribution in [1.82, 2.24) is 15.1 Å². The molecule has 0 aliphatic heterocycles. The first-order valence-corrected chi connectivity index (χ1v) is 7.98. The summed E-state index contributed by atoms with van der Waals surface area (Å²) in [6, 6.07) is 3.27. The zero-order valence-corrected chi connectivity index (χ0v) is 12.7. The molecule has 1 aromatic rings. The van der Waals surface area contributed by atoms with Gasteiger partial charge >= 0.3 is 0 Å². The van der Waals surface area contributed by atoms with Crippen molar-refractivity contribution in [3.8, 4) is 0 Å². The molecule has 0 aromatic carbocycles. The summed E-state index contributed by atoms with van der Waals surface area (Å²) in [6.07, 6.45) is 10.0. The molecule has 1 aliphatic carbocycles. The molecule has 0 radical (unpaired) electrons. The monoisotopic (exact) mass is 263 g/mol. The van der Waals surface area contributed by atoms with Gasteiger partial charge in [-0.05, 0) is 51.6 Å². The molecule has 1 aromatic heterocycles. The summed E-state index contributed by atoms with van der Waals surface area (Å²) in [5, 5.41) is 8.45. The fraction of sp³-hybridized carbons (Fsp3) is 0.812. The van der Waals surface area contributed by atoms with Gasteiger partial charge in [0, 0.05) is 24.7 Å². The normalized spacial score (nSPS) is 18.3. The molecule has 1 atom stereocenters. The molecule has 2 rings (SSSR count). The fourth-order valence-electron chi connectivity index (χ4n) is 3.09. The second kappa shape index (κ2) is 7.09. The summed E-state index contributed by atoms with van der Waals surface area (Å²) in [4.78, 5) is 0. The lowest BCUT2D eigenvalue weighted by atomic mass is 9.94. The first kappa shape index (κ1) is 14.6. The van der Waals surface area contributed by atoms with Crippen LogP contribution in [0.5, 0.6) is 0 Å². The van der Waals surface area contributed by atoms with Crippen LogP contribution in [0.2, 0.25) is 0 Å². The fourth-order valence-corrected chi connectivity index (χ4v) is 3.09. The average molecular weight is 263 g/mol. The van der Waals surface area contributed by atoms with Crippen LogP contribution in [0.1, 0.15) is 64.6 Å². The summed E-state index contributed by atoms with van der Waals surface area (Å²) in [7, 11) is 0. The Bertz CT molecular complexity index is 364. The zero-order chi connectivity index (χ0) is 13.7. The van der Waals surface area contributed by atoms with E-state index in [2.05, 4.69) is 43.0 Å². The highest BCUT2D eigenvalue weighted by atomic mass is 15.3. The molecule has 1 unspecified atom stereocenters. The van der Waals surface area contributed by atoms with Gasteiger partial charge in [-0.1, -0.05) is 19.8 Å². The lowest BCUT2D eigenvalue weighted by molar-refractivity contribution is 0.353. The minimum absolute atomic E-state index is 0.460. The minimum atomic E-state index is 0.460. The smallest absolute Gasteiger partial charge is 0.0640 e. The summed E-state index contributed by atoms with van der Waals surface area (Å²) < 4.78 is 2.07. The Balaban J connectivity index is 1.97. The van der Waals surface area contributed by atoms with Crippen LogP contribution in [0, 0.1) is 5.92 Å². The zero-order valence-electron chi connectivity index (χ0n) is 12.7. The molecule has 3 nitrogen and oxygen atoms in total. The average Bonchev–Trinajstić information content (AvgIpc) is 3.05. The van der Waals surface area contributed by atoms with E-state index < -0.39 is 0 Å². The van der Waals surface area contributed by atoms with Crippen LogP contribution >= 0.6 is 0 Å². The van der Waals surface area contributed by atoms with Crippen molar-refractivity contribution < 1.29 is 0 Å². The Morgan fingerprint density at radius 3 is 2.68 bits per heavy atom. The van der Waals surface area contributed by atoms with Gasteiger partial charge in [0.15, 0.2) is 0 Å². The third kappa shape index (κ3) is 4.07. The van der Waals surface area contributed by atoms with Gasteiger partial charge in [-0.25, -0.2) is 0 Å². The predicted molar refractivity (Wildman–Crippen MR) is 80.4 cm³/mol. The molecule has 19 heavy (non-hydrogen) atoms. The molecular weight excluding hydrogens is 234 g/mol. The van der Waals surface area contributed by atoms with Crippen molar-refractivity contribution >= 4 is 0 Å². The van der Waals surface area contributed by atoms with Gasteiger partial charge in [0.05, 0.1) is 5.69 Å². The lowest BCUT2D eigenvalue weighted by Gasteiger charge is -2.24. The van der Waals surface area contributed by atoms with Crippen molar-refractivity contribution in [2.75, 3.05) is 6.54 Å². The first-order chi connectivity index (χ1) is 9.20. The number of nitrogens with zero attached hydrogens (tertiary/aromatic N) is 2. The van der Waals surface area contributed by atoms with Gasteiger partial charge in [-0.15, -0.1) is 0 Å². The maximum absolute atomic E-state index is 4.71. The van der Waals surface area contributed by atoms with Crippen molar-refractivity contribution in [3.05, 3.63) is 18.0 Å². The molecule has 3 heteroatoms. The molecule has 0 amide bonds. The third-order valence-electron chi connectivity index (χ3n) is 4.25. The Morgan fingerprint density at radius 2 is 2.11 bits per heavy atom. The Morgan fingerprint density at radius 1 is 1.37 bits per heavy atom. The van der Waals surface area contributed by atoms with E-state index in [0.717, 1.165) is 18.9 Å². The van der Waals surface area contributed by atoms with Crippen molar-refractivity contribution in [2.24, 2.45) is 5.92 Å². The van der Waals surface area contributed by atoms with Gasteiger partial charge in [0.2, 0.25) is 0 Å². The number of hydrogen-bond donors (Lipinski definition) is 1. The summed E-state index contributed by atoms with van der Waals surface area (Å²) in [5.74, 6) is 0.857. The standard InChI is InChI=1S/C16H29N3/c1-4-10-17-16(14-7-5-6-8-14)12-15-9-11-19(18-15)13(2)3/h9,11,13-14,16-17H,4-8,10,12H2,1-3H3. The van der Waals surface area contributed by atoms with Crippen LogP contribution < -0.4 is 5.32 Å². The number of aromatic nitrogens is 2. The van der Waals surface area contributed by atoms with Gasteiger partial charge in [-0.3, -0.25) is 4.68 Å². The predicted octanol–water partition coefficient (Wildman–Crippen LogP) is 3.56. The molecule has 1 fully saturated rings. The van der Waals surface area contributed by atoms with Crippen LogP contribution in [0.4, 0.5) is 0 Å². The van der Waals surface area contributed by atoms with Gasteiger partial charge in [0.1, 0.15) is 0 Å². The van der Waals surface area contributed by atoms with Crippen LogP contribution in [-0.2, 0) is 6.42 Å². The molecule has 1 aliphatic rings. The van der Waals surface area contributed by atoms with E-state index in [-0.39, 0.29) is 0 Å². The maximum atomic E-state index is 4.71. The Hall–Kier alpha value is -0.830. The molecule has 1 saturated carbocycles. The number of hydrogen-bond acceptors (Lipinski definition) is 2. The molecule has 1 N–H and O–H groups in total. The first-order valence-electron chi connectivity index (χ1n) is 7.98. The van der Waals surface area contributed by atoms with Gasteiger partial charge in [0.25, 0.3) is 0 Å². The van der Waals surface area contributed by atoms with Crippen molar-refractivity contribution in [2.45, 2.75) is 71.4 Å². The lowest BCUT2D eigenvalue weighted by Crippen LogP contribution is -2.37. The molecule has 0 saturated heterocycles. The molecule has 1 heterocycles. The highest BCUT2D eigenvalue weighted by Crippen LogP contribution is 2.29. The van der Waals surface area contributed by atoms with E-state index in [1.807, 2.05) is 0 Å². The highest BCUT2D eigenvalue weighted by Gasteiger charge is 2.25. The highest BCUT2D eigenvalue weighted by molar-refractivity contribution is 5.03. The Labute approximate surface area is 117 Å². The molecular formula is C16H29N3. The summed E-state index contributed by atoms with van der Waals surface area (Å²) >= 11 is 0. The quantitative estimate of drug-likeness (QED) is 0.815. The maximum Gasteiger partial charge on any atom is 0.0640 e. The largest absolute Gasteiger partial charge is 0.313 e. The van der Waals surface area contributed by atoms with Crippen molar-refractivity contribution in [3.63, 3.8) is 0 Å². The SMILES string of the molecule is CCCNC(Cc1ccn(C(C)C)n1)C1CCCC1. The molecule has 108 valence electrons. The molecule has 0 spiro atoms.